The summed E-state index contributed by atoms with van der Waals surface area (Å²) in [6, 6.07) is 7.03. The maximum absolute atomic E-state index is 11.4. The van der Waals surface area contributed by atoms with Crippen LogP contribution in [-0.4, -0.2) is 30.0 Å². The number of nitro benzene ring substituents is 1. The highest BCUT2D eigenvalue weighted by atomic mass is 16.6. The molecular formula is C13H17N3O3. The third kappa shape index (κ3) is 4.33. The standard InChI is InChI=1S/C13H17N3O3/c17-13(15-11-5-6-11)9-14-8-7-10-3-1-2-4-12(10)16(18)19/h1-4,11,14H,5-9H2,(H,15,17). The molecule has 0 radical (unpaired) electrons. The van der Waals surface area contributed by atoms with Crippen molar-refractivity contribution < 1.29 is 9.72 Å². The van der Waals surface area contributed by atoms with Crippen molar-refractivity contribution in [3.8, 4) is 0 Å². The van der Waals surface area contributed by atoms with E-state index in [0.717, 1.165) is 12.8 Å². The third-order valence-electron chi connectivity index (χ3n) is 2.99. The van der Waals surface area contributed by atoms with Gasteiger partial charge in [-0.05, 0) is 25.8 Å². The number of hydrogen-bond acceptors (Lipinski definition) is 4. The lowest BCUT2D eigenvalue weighted by Crippen LogP contribution is -2.35. The van der Waals surface area contributed by atoms with Crippen molar-refractivity contribution in [3.63, 3.8) is 0 Å². The molecular weight excluding hydrogens is 246 g/mol. The highest BCUT2D eigenvalue weighted by Crippen LogP contribution is 2.18. The average Bonchev–Trinajstić information content (AvgIpc) is 3.19. The normalized spacial score (nSPS) is 14.1. The number of carbonyl (C=O) groups is 1. The number of carbonyl (C=O) groups excluding carboxylic acids is 1. The van der Waals surface area contributed by atoms with E-state index >= 15 is 0 Å². The number of nitro groups is 1. The molecule has 102 valence electrons. The van der Waals surface area contributed by atoms with E-state index in [0.29, 0.717) is 24.6 Å². The maximum atomic E-state index is 11.4. The molecule has 0 unspecified atom stereocenters. The van der Waals surface area contributed by atoms with Gasteiger partial charge in [0.05, 0.1) is 11.5 Å². The number of nitrogens with one attached hydrogen (secondary N) is 2. The van der Waals surface area contributed by atoms with E-state index in [1.54, 1.807) is 18.2 Å². The van der Waals surface area contributed by atoms with Gasteiger partial charge in [0, 0.05) is 17.7 Å². The van der Waals surface area contributed by atoms with Gasteiger partial charge in [0.2, 0.25) is 5.91 Å². The molecule has 2 N–H and O–H groups in total. The Morgan fingerprint density at radius 1 is 1.37 bits per heavy atom. The van der Waals surface area contributed by atoms with Gasteiger partial charge in [0.15, 0.2) is 0 Å². The average molecular weight is 263 g/mol. The van der Waals surface area contributed by atoms with Crippen LogP contribution in [0.4, 0.5) is 5.69 Å². The van der Waals surface area contributed by atoms with E-state index < -0.39 is 0 Å². The monoisotopic (exact) mass is 263 g/mol. The van der Waals surface area contributed by atoms with Crippen molar-refractivity contribution >= 4 is 11.6 Å². The van der Waals surface area contributed by atoms with Crippen LogP contribution in [0.1, 0.15) is 18.4 Å². The molecule has 6 heteroatoms. The third-order valence-corrected chi connectivity index (χ3v) is 2.99. The second kappa shape index (κ2) is 6.29. The van der Waals surface area contributed by atoms with Crippen molar-refractivity contribution in [3.05, 3.63) is 39.9 Å². The van der Waals surface area contributed by atoms with Crippen molar-refractivity contribution in [2.24, 2.45) is 0 Å². The maximum Gasteiger partial charge on any atom is 0.272 e. The van der Waals surface area contributed by atoms with E-state index in [1.165, 1.54) is 6.07 Å². The quantitative estimate of drug-likeness (QED) is 0.437. The molecule has 2 rings (SSSR count). The van der Waals surface area contributed by atoms with Crippen LogP contribution in [0.2, 0.25) is 0 Å². The SMILES string of the molecule is O=C(CNCCc1ccccc1[N+](=O)[O-])NC1CC1. The second-order valence-electron chi connectivity index (χ2n) is 4.65. The number of hydrogen-bond donors (Lipinski definition) is 2. The molecule has 1 aliphatic rings. The fraction of sp³-hybridized carbons (Fsp3) is 0.462. The van der Waals surface area contributed by atoms with Crippen LogP contribution in [0.15, 0.2) is 24.3 Å². The molecule has 0 atom stereocenters. The lowest BCUT2D eigenvalue weighted by Gasteiger charge is -2.06. The molecule has 1 saturated carbocycles. The van der Waals surface area contributed by atoms with Crippen molar-refractivity contribution in [2.75, 3.05) is 13.1 Å². The van der Waals surface area contributed by atoms with E-state index in [1.807, 2.05) is 0 Å². The van der Waals surface area contributed by atoms with Crippen molar-refractivity contribution in [1.29, 1.82) is 0 Å². The Morgan fingerprint density at radius 3 is 2.79 bits per heavy atom. The highest BCUT2D eigenvalue weighted by Gasteiger charge is 2.22. The van der Waals surface area contributed by atoms with Gasteiger partial charge >= 0.3 is 0 Å². The Labute approximate surface area is 111 Å². The molecule has 1 amide bonds. The summed E-state index contributed by atoms with van der Waals surface area (Å²) in [6.07, 6.45) is 2.68. The Balaban J connectivity index is 1.72. The molecule has 0 aliphatic heterocycles. The summed E-state index contributed by atoms with van der Waals surface area (Å²) in [5.41, 5.74) is 0.814. The molecule has 0 bridgehead atoms. The topological polar surface area (TPSA) is 84.3 Å². The van der Waals surface area contributed by atoms with Gasteiger partial charge in [-0.2, -0.15) is 0 Å². The molecule has 0 heterocycles. The summed E-state index contributed by atoms with van der Waals surface area (Å²) in [7, 11) is 0. The van der Waals surface area contributed by atoms with Crippen molar-refractivity contribution in [2.45, 2.75) is 25.3 Å². The Kier molecular flexibility index (Phi) is 4.46. The van der Waals surface area contributed by atoms with Gasteiger partial charge in [-0.3, -0.25) is 14.9 Å². The van der Waals surface area contributed by atoms with E-state index in [9.17, 15) is 14.9 Å². The summed E-state index contributed by atoms with van der Waals surface area (Å²) in [5, 5.41) is 16.7. The summed E-state index contributed by atoms with van der Waals surface area (Å²) in [6.45, 7) is 0.806. The molecule has 0 saturated heterocycles. The van der Waals surface area contributed by atoms with E-state index in [4.69, 9.17) is 0 Å². The van der Waals surface area contributed by atoms with Gasteiger partial charge < -0.3 is 10.6 Å². The van der Waals surface area contributed by atoms with Gasteiger partial charge in [-0.15, -0.1) is 0 Å². The molecule has 0 spiro atoms. The smallest absolute Gasteiger partial charge is 0.272 e. The Morgan fingerprint density at radius 2 is 2.11 bits per heavy atom. The van der Waals surface area contributed by atoms with Crippen LogP contribution >= 0.6 is 0 Å². The highest BCUT2D eigenvalue weighted by molar-refractivity contribution is 5.78. The summed E-state index contributed by atoms with van der Waals surface area (Å²) >= 11 is 0. The lowest BCUT2D eigenvalue weighted by atomic mass is 10.1. The van der Waals surface area contributed by atoms with Crippen LogP contribution in [0.3, 0.4) is 0 Å². The predicted octanol–water partition coefficient (Wildman–Crippen LogP) is 1.01. The Bertz CT molecular complexity index is 472. The fourth-order valence-electron chi connectivity index (χ4n) is 1.83. The minimum atomic E-state index is -0.380. The predicted molar refractivity (Wildman–Crippen MR) is 70.8 cm³/mol. The van der Waals surface area contributed by atoms with Crippen molar-refractivity contribution in [1.82, 2.24) is 10.6 Å². The second-order valence-corrected chi connectivity index (χ2v) is 4.65. The molecule has 0 aromatic heterocycles. The first kappa shape index (κ1) is 13.5. The first-order valence-electron chi connectivity index (χ1n) is 6.39. The largest absolute Gasteiger partial charge is 0.352 e. The molecule has 1 aliphatic carbocycles. The molecule has 1 aromatic rings. The zero-order valence-electron chi connectivity index (χ0n) is 10.6. The van der Waals surface area contributed by atoms with Crippen LogP contribution in [-0.2, 0) is 11.2 Å². The lowest BCUT2D eigenvalue weighted by molar-refractivity contribution is -0.385. The minimum Gasteiger partial charge on any atom is -0.352 e. The van der Waals surface area contributed by atoms with E-state index in [-0.39, 0.29) is 23.1 Å². The van der Waals surface area contributed by atoms with Crippen LogP contribution in [0.25, 0.3) is 0 Å². The number of benzene rings is 1. The molecule has 1 aromatic carbocycles. The van der Waals surface area contributed by atoms with Gasteiger partial charge in [-0.25, -0.2) is 0 Å². The van der Waals surface area contributed by atoms with Gasteiger partial charge in [-0.1, -0.05) is 18.2 Å². The summed E-state index contributed by atoms with van der Waals surface area (Å²) < 4.78 is 0. The fourth-order valence-corrected chi connectivity index (χ4v) is 1.83. The van der Waals surface area contributed by atoms with Crippen LogP contribution in [0, 0.1) is 10.1 Å². The summed E-state index contributed by atoms with van der Waals surface area (Å²) in [5.74, 6) is -0.00920. The number of amides is 1. The number of nitrogens with zero attached hydrogens (tertiary/aromatic N) is 1. The zero-order valence-corrected chi connectivity index (χ0v) is 10.6. The number of para-hydroxylation sites is 1. The summed E-state index contributed by atoms with van der Waals surface area (Å²) in [4.78, 5) is 21.8. The van der Waals surface area contributed by atoms with Gasteiger partial charge in [0.1, 0.15) is 0 Å². The van der Waals surface area contributed by atoms with Crippen LogP contribution in [0.5, 0.6) is 0 Å². The first-order valence-corrected chi connectivity index (χ1v) is 6.39. The van der Waals surface area contributed by atoms with Gasteiger partial charge in [0.25, 0.3) is 5.69 Å². The molecule has 1 fully saturated rings. The van der Waals surface area contributed by atoms with Crippen LogP contribution < -0.4 is 10.6 Å². The zero-order chi connectivity index (χ0) is 13.7. The Hall–Kier alpha value is -1.95. The number of rotatable bonds is 7. The minimum absolute atomic E-state index is 0.00920. The molecule has 6 nitrogen and oxygen atoms in total. The van der Waals surface area contributed by atoms with E-state index in [2.05, 4.69) is 10.6 Å². The first-order chi connectivity index (χ1) is 9.16. The molecule has 19 heavy (non-hydrogen) atoms.